The third-order valence-corrected chi connectivity index (χ3v) is 6.82. The normalized spacial score (nSPS) is 12.4. The fraction of sp³-hybridized carbons (Fsp3) is 0.306. The molecule has 3 atom stereocenters. The number of esters is 3. The Kier molecular flexibility index (Phi) is 16.0. The zero-order valence-electron chi connectivity index (χ0n) is 26.6. The third-order valence-electron chi connectivity index (χ3n) is 6.82. The molecule has 0 bridgehead atoms. The van der Waals surface area contributed by atoms with Gasteiger partial charge >= 0.3 is 17.9 Å². The number of ether oxygens (including phenoxy) is 4. The Hall–Kier alpha value is -5.33. The van der Waals surface area contributed by atoms with Gasteiger partial charge in [-0.25, -0.2) is 4.79 Å². The molecule has 3 rings (SSSR count). The first kappa shape index (κ1) is 37.1. The van der Waals surface area contributed by atoms with Crippen molar-refractivity contribution in [2.75, 3.05) is 13.2 Å². The van der Waals surface area contributed by atoms with Crippen molar-refractivity contribution >= 4 is 29.7 Å². The number of carbonyl (C=O) groups is 5. The Morgan fingerprint density at radius 2 is 1.19 bits per heavy atom. The van der Waals surface area contributed by atoms with E-state index in [0.717, 1.165) is 11.1 Å². The van der Waals surface area contributed by atoms with Crippen LogP contribution in [0.3, 0.4) is 0 Å². The molecule has 254 valence electrons. The maximum Gasteiger partial charge on any atom is 0.328 e. The lowest BCUT2D eigenvalue weighted by molar-refractivity contribution is -0.151. The summed E-state index contributed by atoms with van der Waals surface area (Å²) in [5, 5.41) is 4.97. The molecular formula is C36H41N3O9. The zero-order chi connectivity index (χ0) is 34.6. The minimum atomic E-state index is -1.48. The monoisotopic (exact) mass is 659 g/mol. The van der Waals surface area contributed by atoms with E-state index in [-0.39, 0.29) is 45.9 Å². The van der Waals surface area contributed by atoms with Crippen molar-refractivity contribution in [3.8, 4) is 0 Å². The van der Waals surface area contributed by atoms with Crippen LogP contribution in [-0.4, -0.2) is 61.1 Å². The number of rotatable bonds is 20. The van der Waals surface area contributed by atoms with Crippen molar-refractivity contribution in [1.82, 2.24) is 10.6 Å². The maximum absolute atomic E-state index is 13.5. The van der Waals surface area contributed by atoms with E-state index in [9.17, 15) is 24.0 Å². The molecular weight excluding hydrogens is 618 g/mol. The number of hydrogen-bond acceptors (Lipinski definition) is 10. The number of amides is 2. The Bertz CT molecular complexity index is 1470. The second-order valence-corrected chi connectivity index (χ2v) is 10.7. The molecule has 12 heteroatoms. The Balaban J connectivity index is 1.67. The van der Waals surface area contributed by atoms with Crippen LogP contribution in [0.4, 0.5) is 0 Å². The van der Waals surface area contributed by atoms with Crippen molar-refractivity contribution < 1.29 is 42.9 Å². The molecule has 0 aliphatic carbocycles. The highest BCUT2D eigenvalue weighted by Crippen LogP contribution is 2.10. The predicted molar refractivity (Wildman–Crippen MR) is 175 cm³/mol. The average molecular weight is 660 g/mol. The van der Waals surface area contributed by atoms with Gasteiger partial charge in [-0.3, -0.25) is 19.2 Å². The second kappa shape index (κ2) is 20.7. The van der Waals surface area contributed by atoms with Crippen molar-refractivity contribution in [3.05, 3.63) is 120 Å². The minimum absolute atomic E-state index is 0.0331. The quantitative estimate of drug-likeness (QED) is 0.0930. The smallest absolute Gasteiger partial charge is 0.328 e. The van der Waals surface area contributed by atoms with Gasteiger partial charge in [0.1, 0.15) is 37.9 Å². The molecule has 4 N–H and O–H groups in total. The van der Waals surface area contributed by atoms with Crippen molar-refractivity contribution in [2.24, 2.45) is 5.73 Å². The van der Waals surface area contributed by atoms with Gasteiger partial charge in [0, 0.05) is 6.42 Å². The Morgan fingerprint density at radius 3 is 1.75 bits per heavy atom. The highest BCUT2D eigenvalue weighted by molar-refractivity contribution is 5.94. The minimum Gasteiger partial charge on any atom is -0.461 e. The van der Waals surface area contributed by atoms with Crippen LogP contribution in [0, 0.1) is 0 Å². The third kappa shape index (κ3) is 14.0. The SMILES string of the molecule is C=CCOC(=O)C[C@H](NC(=O)[C@H](N)COCc1ccccc1)C(=O)N[C@@H](CCC(=O)OCc1ccccc1)C(=O)OCc1ccccc1. The average Bonchev–Trinajstić information content (AvgIpc) is 3.11. The van der Waals surface area contributed by atoms with Crippen LogP contribution < -0.4 is 16.4 Å². The second-order valence-electron chi connectivity index (χ2n) is 10.7. The summed E-state index contributed by atoms with van der Waals surface area (Å²) < 4.78 is 21.3. The number of benzene rings is 3. The first-order valence-corrected chi connectivity index (χ1v) is 15.4. The van der Waals surface area contributed by atoms with E-state index in [1.54, 1.807) is 36.4 Å². The van der Waals surface area contributed by atoms with E-state index < -0.39 is 54.3 Å². The summed E-state index contributed by atoms with van der Waals surface area (Å²) in [6, 6.07) is 23.2. The first-order chi connectivity index (χ1) is 23.2. The fourth-order valence-corrected chi connectivity index (χ4v) is 4.24. The van der Waals surface area contributed by atoms with Crippen molar-refractivity contribution in [3.63, 3.8) is 0 Å². The van der Waals surface area contributed by atoms with Gasteiger partial charge in [-0.05, 0) is 23.1 Å². The summed E-state index contributed by atoms with van der Waals surface area (Å²) in [4.78, 5) is 64.7. The van der Waals surface area contributed by atoms with Crippen LogP contribution in [0.1, 0.15) is 36.0 Å². The van der Waals surface area contributed by atoms with Gasteiger partial charge in [0.15, 0.2) is 0 Å². The van der Waals surface area contributed by atoms with Gasteiger partial charge < -0.3 is 35.3 Å². The van der Waals surface area contributed by atoms with E-state index in [0.29, 0.717) is 5.56 Å². The number of nitrogens with two attached hydrogens (primary N) is 1. The Morgan fingerprint density at radius 1 is 0.667 bits per heavy atom. The first-order valence-electron chi connectivity index (χ1n) is 15.4. The maximum atomic E-state index is 13.5. The lowest BCUT2D eigenvalue weighted by Gasteiger charge is -2.23. The van der Waals surface area contributed by atoms with Gasteiger partial charge in [-0.2, -0.15) is 0 Å². The molecule has 0 spiro atoms. The van der Waals surface area contributed by atoms with E-state index in [4.69, 9.17) is 24.7 Å². The van der Waals surface area contributed by atoms with Crippen LogP contribution in [0.15, 0.2) is 104 Å². The molecule has 48 heavy (non-hydrogen) atoms. The van der Waals surface area contributed by atoms with Crippen molar-refractivity contribution in [1.29, 1.82) is 0 Å². The fourth-order valence-electron chi connectivity index (χ4n) is 4.24. The highest BCUT2D eigenvalue weighted by Gasteiger charge is 2.31. The molecule has 0 fully saturated rings. The van der Waals surface area contributed by atoms with E-state index in [1.165, 1.54) is 6.08 Å². The van der Waals surface area contributed by atoms with Gasteiger partial charge in [0.2, 0.25) is 11.8 Å². The predicted octanol–water partition coefficient (Wildman–Crippen LogP) is 2.89. The van der Waals surface area contributed by atoms with Crippen LogP contribution >= 0.6 is 0 Å². The van der Waals surface area contributed by atoms with Crippen LogP contribution in [0.25, 0.3) is 0 Å². The molecule has 0 aliphatic heterocycles. The van der Waals surface area contributed by atoms with Crippen LogP contribution in [-0.2, 0) is 62.7 Å². The van der Waals surface area contributed by atoms with E-state index in [2.05, 4.69) is 17.2 Å². The Labute approximate surface area is 279 Å². The van der Waals surface area contributed by atoms with Crippen molar-refractivity contribution in [2.45, 2.75) is 57.2 Å². The lowest BCUT2D eigenvalue weighted by atomic mass is 10.1. The molecule has 3 aromatic carbocycles. The van der Waals surface area contributed by atoms with Crippen LogP contribution in [0.2, 0.25) is 0 Å². The highest BCUT2D eigenvalue weighted by atomic mass is 16.5. The summed E-state index contributed by atoms with van der Waals surface area (Å²) in [5.41, 5.74) is 8.38. The van der Waals surface area contributed by atoms with Gasteiger partial charge in [0.25, 0.3) is 0 Å². The van der Waals surface area contributed by atoms with E-state index >= 15 is 0 Å². The molecule has 0 heterocycles. The molecule has 0 aliphatic rings. The summed E-state index contributed by atoms with van der Waals surface area (Å²) >= 11 is 0. The number of carbonyl (C=O) groups excluding carboxylic acids is 5. The molecule has 0 aromatic heterocycles. The number of nitrogens with one attached hydrogen (secondary N) is 2. The molecule has 0 saturated heterocycles. The molecule has 12 nitrogen and oxygen atoms in total. The molecule has 2 amide bonds. The largest absolute Gasteiger partial charge is 0.461 e. The summed E-state index contributed by atoms with van der Waals surface area (Å²) in [7, 11) is 0. The van der Waals surface area contributed by atoms with Crippen LogP contribution in [0.5, 0.6) is 0 Å². The molecule has 0 saturated carbocycles. The van der Waals surface area contributed by atoms with Gasteiger partial charge in [-0.15, -0.1) is 0 Å². The number of hydrogen-bond donors (Lipinski definition) is 3. The summed E-state index contributed by atoms with van der Waals surface area (Å²) in [5.74, 6) is -3.90. The van der Waals surface area contributed by atoms with E-state index in [1.807, 2.05) is 54.6 Å². The standard InChI is InChI=1S/C36H41N3O9/c1-2-20-46-33(41)21-31(39-34(42)29(37)25-45-22-26-12-6-3-7-13-26)35(43)38-30(36(44)48-24-28-16-10-5-11-17-28)18-19-32(40)47-23-27-14-8-4-9-15-27/h2-17,29-31H,1,18-25,37H2,(H,38,43)(H,39,42)/t29-,30+,31+/m1/s1. The summed E-state index contributed by atoms with van der Waals surface area (Å²) in [6.45, 7) is 3.35. The topological polar surface area (TPSA) is 172 Å². The zero-order valence-corrected chi connectivity index (χ0v) is 26.6. The molecule has 0 unspecified atom stereocenters. The molecule has 3 aromatic rings. The van der Waals surface area contributed by atoms with Gasteiger partial charge in [0.05, 0.1) is 19.6 Å². The summed E-state index contributed by atoms with van der Waals surface area (Å²) in [6.07, 6.45) is 0.358. The molecule has 0 radical (unpaired) electrons. The van der Waals surface area contributed by atoms with Gasteiger partial charge in [-0.1, -0.05) is 104 Å². The lowest BCUT2D eigenvalue weighted by Crippen LogP contribution is -2.56.